The summed E-state index contributed by atoms with van der Waals surface area (Å²) in [6, 6.07) is 6.15. The Bertz CT molecular complexity index is 614. The quantitative estimate of drug-likeness (QED) is 0.794. The van der Waals surface area contributed by atoms with Crippen molar-refractivity contribution in [3.8, 4) is 0 Å². The number of benzene rings is 1. The summed E-state index contributed by atoms with van der Waals surface area (Å²) in [5.74, 6) is -0.286. The number of aromatic nitrogens is 3. The van der Waals surface area contributed by atoms with E-state index in [0.717, 1.165) is 5.56 Å². The van der Waals surface area contributed by atoms with E-state index < -0.39 is 0 Å². The van der Waals surface area contributed by atoms with Crippen molar-refractivity contribution in [3.63, 3.8) is 0 Å². The molecule has 1 unspecified atom stereocenters. The first-order valence-electron chi connectivity index (χ1n) is 6.47. The molecule has 0 N–H and O–H groups in total. The van der Waals surface area contributed by atoms with E-state index >= 15 is 0 Å². The minimum Gasteiger partial charge on any atom is -0.340 e. The summed E-state index contributed by atoms with van der Waals surface area (Å²) in [6.07, 6.45) is 1.60. The Morgan fingerprint density at radius 3 is 2.67 bits per heavy atom. The Morgan fingerprint density at radius 1 is 1.43 bits per heavy atom. The molecule has 0 aliphatic carbocycles. The van der Waals surface area contributed by atoms with Gasteiger partial charge in [-0.15, -0.1) is 10.2 Å². The van der Waals surface area contributed by atoms with Gasteiger partial charge in [0.15, 0.2) is 5.16 Å². The molecule has 0 aliphatic heterocycles. The Balaban J connectivity index is 1.95. The van der Waals surface area contributed by atoms with Crippen LogP contribution in [0.5, 0.6) is 0 Å². The zero-order valence-corrected chi connectivity index (χ0v) is 13.0. The maximum absolute atomic E-state index is 12.9. The van der Waals surface area contributed by atoms with E-state index in [1.165, 1.54) is 23.9 Å². The third kappa shape index (κ3) is 4.04. The van der Waals surface area contributed by atoms with Crippen LogP contribution in [0.15, 0.2) is 35.7 Å². The van der Waals surface area contributed by atoms with Gasteiger partial charge in [0.1, 0.15) is 12.1 Å². The second-order valence-corrected chi connectivity index (χ2v) is 6.11. The van der Waals surface area contributed by atoms with Crippen molar-refractivity contribution in [2.75, 3.05) is 7.05 Å². The SMILES string of the molecule is CC(Sc1nncn1C)C(=O)N(C)Cc1ccc(F)cc1. The van der Waals surface area contributed by atoms with Gasteiger partial charge in [0.2, 0.25) is 5.91 Å². The van der Waals surface area contributed by atoms with Gasteiger partial charge in [0, 0.05) is 20.6 Å². The van der Waals surface area contributed by atoms with E-state index in [1.807, 2.05) is 14.0 Å². The highest BCUT2D eigenvalue weighted by Gasteiger charge is 2.20. The average Bonchev–Trinajstić information content (AvgIpc) is 2.86. The van der Waals surface area contributed by atoms with Crippen molar-refractivity contribution in [2.45, 2.75) is 23.9 Å². The summed E-state index contributed by atoms with van der Waals surface area (Å²) in [5.41, 5.74) is 0.892. The summed E-state index contributed by atoms with van der Waals surface area (Å²) < 4.78 is 14.6. The molecule has 0 saturated heterocycles. The first-order chi connectivity index (χ1) is 9.97. The molecule has 0 bridgehead atoms. The third-order valence-corrected chi connectivity index (χ3v) is 4.14. The monoisotopic (exact) mass is 308 g/mol. The van der Waals surface area contributed by atoms with Gasteiger partial charge < -0.3 is 9.47 Å². The van der Waals surface area contributed by atoms with E-state index in [0.29, 0.717) is 11.7 Å². The van der Waals surface area contributed by atoms with Crippen LogP contribution in [0.25, 0.3) is 0 Å². The molecular weight excluding hydrogens is 291 g/mol. The lowest BCUT2D eigenvalue weighted by Gasteiger charge is -2.21. The first kappa shape index (κ1) is 15.5. The van der Waals surface area contributed by atoms with E-state index in [4.69, 9.17) is 0 Å². The fourth-order valence-electron chi connectivity index (χ4n) is 1.84. The lowest BCUT2D eigenvalue weighted by Crippen LogP contribution is -2.32. The molecule has 0 saturated carbocycles. The maximum Gasteiger partial charge on any atom is 0.235 e. The Kier molecular flexibility index (Phi) is 4.95. The zero-order valence-electron chi connectivity index (χ0n) is 12.2. The van der Waals surface area contributed by atoms with Gasteiger partial charge in [-0.2, -0.15) is 0 Å². The lowest BCUT2D eigenvalue weighted by atomic mass is 10.2. The summed E-state index contributed by atoms with van der Waals surface area (Å²) in [6.45, 7) is 2.28. The van der Waals surface area contributed by atoms with Gasteiger partial charge >= 0.3 is 0 Å². The van der Waals surface area contributed by atoms with Crippen LogP contribution in [0.2, 0.25) is 0 Å². The molecule has 1 amide bonds. The number of rotatable bonds is 5. The number of hydrogen-bond donors (Lipinski definition) is 0. The molecule has 1 atom stereocenters. The largest absolute Gasteiger partial charge is 0.340 e. The number of carbonyl (C=O) groups excluding carboxylic acids is 1. The fourth-order valence-corrected chi connectivity index (χ4v) is 2.74. The standard InChI is InChI=1S/C14H17FN4OS/c1-10(21-14-17-16-9-19(14)3)13(20)18(2)8-11-4-6-12(15)7-5-11/h4-7,9-10H,8H2,1-3H3. The van der Waals surface area contributed by atoms with E-state index in [9.17, 15) is 9.18 Å². The molecule has 1 aromatic carbocycles. The van der Waals surface area contributed by atoms with Crippen molar-refractivity contribution in [1.29, 1.82) is 0 Å². The number of amides is 1. The predicted molar refractivity (Wildman–Crippen MR) is 79.2 cm³/mol. The molecule has 7 heteroatoms. The molecule has 1 aromatic heterocycles. The average molecular weight is 308 g/mol. The topological polar surface area (TPSA) is 51.0 Å². The normalized spacial score (nSPS) is 12.2. The van der Waals surface area contributed by atoms with Gasteiger partial charge in [-0.3, -0.25) is 4.79 Å². The zero-order chi connectivity index (χ0) is 15.4. The number of halogens is 1. The van der Waals surface area contributed by atoms with Crippen molar-refractivity contribution < 1.29 is 9.18 Å². The summed E-state index contributed by atoms with van der Waals surface area (Å²) >= 11 is 1.36. The molecule has 0 spiro atoms. The molecule has 112 valence electrons. The Hall–Kier alpha value is -1.89. The molecule has 2 rings (SSSR count). The lowest BCUT2D eigenvalue weighted by molar-refractivity contribution is -0.129. The predicted octanol–water partition coefficient (Wildman–Crippen LogP) is 2.09. The van der Waals surface area contributed by atoms with Crippen LogP contribution in [0.3, 0.4) is 0 Å². The van der Waals surface area contributed by atoms with Crippen molar-refractivity contribution >= 4 is 17.7 Å². The van der Waals surface area contributed by atoms with Crippen LogP contribution in [0.1, 0.15) is 12.5 Å². The van der Waals surface area contributed by atoms with Gasteiger partial charge in [0.05, 0.1) is 5.25 Å². The van der Waals surface area contributed by atoms with Crippen LogP contribution in [0, 0.1) is 5.82 Å². The highest BCUT2D eigenvalue weighted by atomic mass is 32.2. The van der Waals surface area contributed by atoms with Crippen LogP contribution >= 0.6 is 11.8 Å². The highest BCUT2D eigenvalue weighted by Crippen LogP contribution is 2.21. The smallest absolute Gasteiger partial charge is 0.235 e. The van der Waals surface area contributed by atoms with Gasteiger partial charge in [-0.25, -0.2) is 4.39 Å². The number of aryl methyl sites for hydroxylation is 1. The highest BCUT2D eigenvalue weighted by molar-refractivity contribution is 8.00. The number of thioether (sulfide) groups is 1. The number of hydrogen-bond acceptors (Lipinski definition) is 4. The minimum atomic E-state index is -0.279. The third-order valence-electron chi connectivity index (χ3n) is 3.01. The molecule has 0 aliphatic rings. The van der Waals surface area contributed by atoms with Crippen LogP contribution in [-0.2, 0) is 18.4 Å². The summed E-state index contributed by atoms with van der Waals surface area (Å²) in [4.78, 5) is 14.0. The number of carbonyl (C=O) groups is 1. The molecule has 0 fully saturated rings. The molecule has 21 heavy (non-hydrogen) atoms. The van der Waals surface area contributed by atoms with E-state index in [-0.39, 0.29) is 17.0 Å². The van der Waals surface area contributed by atoms with Crippen molar-refractivity contribution in [2.24, 2.45) is 7.05 Å². The molecule has 2 aromatic rings. The van der Waals surface area contributed by atoms with Gasteiger partial charge in [-0.05, 0) is 24.6 Å². The second-order valence-electron chi connectivity index (χ2n) is 4.81. The Labute approximate surface area is 127 Å². The van der Waals surface area contributed by atoms with Crippen LogP contribution in [-0.4, -0.2) is 37.9 Å². The maximum atomic E-state index is 12.9. The van der Waals surface area contributed by atoms with E-state index in [1.54, 1.807) is 35.0 Å². The van der Waals surface area contributed by atoms with Crippen molar-refractivity contribution in [1.82, 2.24) is 19.7 Å². The first-order valence-corrected chi connectivity index (χ1v) is 7.35. The van der Waals surface area contributed by atoms with Crippen LogP contribution < -0.4 is 0 Å². The molecule has 5 nitrogen and oxygen atoms in total. The minimum absolute atomic E-state index is 0.00711. The Morgan fingerprint density at radius 2 is 2.10 bits per heavy atom. The second kappa shape index (κ2) is 6.71. The number of nitrogens with zero attached hydrogens (tertiary/aromatic N) is 4. The van der Waals surface area contributed by atoms with E-state index in [2.05, 4.69) is 10.2 Å². The van der Waals surface area contributed by atoms with Gasteiger partial charge in [-0.1, -0.05) is 23.9 Å². The summed E-state index contributed by atoms with van der Waals surface area (Å²) in [7, 11) is 3.57. The van der Waals surface area contributed by atoms with Gasteiger partial charge in [0.25, 0.3) is 0 Å². The van der Waals surface area contributed by atoms with Crippen LogP contribution in [0.4, 0.5) is 4.39 Å². The molecular formula is C14H17FN4OS. The fraction of sp³-hybridized carbons (Fsp3) is 0.357. The summed E-state index contributed by atoms with van der Waals surface area (Å²) in [5, 5.41) is 8.18. The molecule has 1 heterocycles. The molecule has 0 radical (unpaired) electrons. The van der Waals surface area contributed by atoms with Crippen molar-refractivity contribution in [3.05, 3.63) is 42.0 Å².